The molecule has 0 aromatic heterocycles. The Bertz CT molecular complexity index is 737. The van der Waals surface area contributed by atoms with Crippen LogP contribution in [0.15, 0.2) is 30.3 Å². The maximum absolute atomic E-state index is 12.5. The number of carbonyl (C=O) groups excluding carboxylic acids is 2. The van der Waals surface area contributed by atoms with Crippen LogP contribution in [0.4, 0.5) is 4.79 Å². The quantitative estimate of drug-likeness (QED) is 0.516. The molecule has 1 unspecified atom stereocenters. The highest BCUT2D eigenvalue weighted by Gasteiger charge is 2.31. The smallest absolute Gasteiger partial charge is 0.375 e. The van der Waals surface area contributed by atoms with Crippen molar-refractivity contribution in [2.75, 3.05) is 52.4 Å². The average Bonchev–Trinajstić information content (AvgIpc) is 2.85. The van der Waals surface area contributed by atoms with Crippen molar-refractivity contribution in [2.45, 2.75) is 51.5 Å². The summed E-state index contributed by atoms with van der Waals surface area (Å²) in [6, 6.07) is 10.4. The summed E-state index contributed by atoms with van der Waals surface area (Å²) in [5, 5.41) is 4.83. The molecular formula is C25H38N4O3. The lowest BCUT2D eigenvalue weighted by Gasteiger charge is -2.43. The summed E-state index contributed by atoms with van der Waals surface area (Å²) in [5.41, 5.74) is 1.43. The second-order valence-electron chi connectivity index (χ2n) is 9.49. The van der Waals surface area contributed by atoms with E-state index in [1.807, 2.05) is 6.92 Å². The van der Waals surface area contributed by atoms with E-state index in [4.69, 9.17) is 4.74 Å². The molecule has 0 bridgehead atoms. The molecule has 7 nitrogen and oxygen atoms in total. The van der Waals surface area contributed by atoms with Crippen molar-refractivity contribution >= 4 is 12.1 Å². The lowest BCUT2D eigenvalue weighted by Crippen LogP contribution is -2.57. The minimum Gasteiger partial charge on any atom is -0.375 e. The van der Waals surface area contributed by atoms with Crippen LogP contribution in [0.2, 0.25) is 0 Å². The molecule has 3 aliphatic rings. The average molecular weight is 443 g/mol. The largest absolute Gasteiger partial charge is 0.417 e. The number of likely N-dealkylation sites (tertiary alicyclic amines) is 1. The van der Waals surface area contributed by atoms with E-state index >= 15 is 0 Å². The minimum atomic E-state index is -0.486. The fourth-order valence-electron chi connectivity index (χ4n) is 5.21. The summed E-state index contributed by atoms with van der Waals surface area (Å²) < 4.78 is 5.23. The number of amides is 1. The number of ether oxygens (including phenoxy) is 1. The Labute approximate surface area is 192 Å². The second-order valence-corrected chi connectivity index (χ2v) is 9.49. The van der Waals surface area contributed by atoms with Crippen molar-refractivity contribution < 1.29 is 14.3 Å². The number of hydrogen-bond donors (Lipinski definition) is 0. The number of carbonyl (C=O) groups is 2. The van der Waals surface area contributed by atoms with Crippen molar-refractivity contribution in [3.63, 3.8) is 0 Å². The van der Waals surface area contributed by atoms with Gasteiger partial charge in [0, 0.05) is 39.3 Å². The first kappa shape index (κ1) is 23.2. The Morgan fingerprint density at radius 3 is 2.16 bits per heavy atom. The summed E-state index contributed by atoms with van der Waals surface area (Å²) in [7, 11) is 0. The van der Waals surface area contributed by atoms with E-state index in [0.717, 1.165) is 64.4 Å². The minimum absolute atomic E-state index is 0.349. The van der Waals surface area contributed by atoms with E-state index in [9.17, 15) is 9.59 Å². The topological polar surface area (TPSA) is 56.3 Å². The Kier molecular flexibility index (Phi) is 8.16. The standard InChI is InChI=1S/C25H38N4O3/c1-21(26-12-6-3-7-13-26)24(30)32-25(31)27-16-18-29(19-17-27)28-14-10-23(11-15-28)20-22-8-4-2-5-9-22/h2,4-5,8-9,21,23H,3,6-7,10-20H2,1H3. The number of piperazine rings is 1. The van der Waals surface area contributed by atoms with E-state index in [2.05, 4.69) is 45.2 Å². The molecule has 3 heterocycles. The van der Waals surface area contributed by atoms with E-state index in [1.54, 1.807) is 4.90 Å². The molecule has 32 heavy (non-hydrogen) atoms. The van der Waals surface area contributed by atoms with E-state index < -0.39 is 12.1 Å². The Morgan fingerprint density at radius 1 is 0.875 bits per heavy atom. The van der Waals surface area contributed by atoms with Gasteiger partial charge in [0.15, 0.2) is 0 Å². The van der Waals surface area contributed by atoms with Gasteiger partial charge in [0.05, 0.1) is 0 Å². The number of piperidine rings is 2. The van der Waals surface area contributed by atoms with E-state index in [-0.39, 0.29) is 6.04 Å². The predicted octanol–water partition coefficient (Wildman–Crippen LogP) is 3.01. The molecule has 176 valence electrons. The molecule has 7 heteroatoms. The van der Waals surface area contributed by atoms with Gasteiger partial charge in [0.25, 0.3) is 0 Å². The van der Waals surface area contributed by atoms with Crippen LogP contribution in [0.5, 0.6) is 0 Å². The molecule has 0 aliphatic carbocycles. The first-order valence-electron chi connectivity index (χ1n) is 12.4. The van der Waals surface area contributed by atoms with Crippen LogP contribution in [-0.4, -0.2) is 90.3 Å². The van der Waals surface area contributed by atoms with Gasteiger partial charge >= 0.3 is 12.1 Å². The monoisotopic (exact) mass is 442 g/mol. The summed E-state index contributed by atoms with van der Waals surface area (Å²) in [5.74, 6) is 0.331. The van der Waals surface area contributed by atoms with Crippen molar-refractivity contribution in [2.24, 2.45) is 5.92 Å². The van der Waals surface area contributed by atoms with Crippen LogP contribution >= 0.6 is 0 Å². The van der Waals surface area contributed by atoms with Gasteiger partial charge in [0.2, 0.25) is 0 Å². The SMILES string of the molecule is CC(C(=O)OC(=O)N1CCN(N2CCC(Cc3ccccc3)CC2)CC1)N1CCCCC1. The van der Waals surface area contributed by atoms with Crippen molar-refractivity contribution in [1.29, 1.82) is 0 Å². The van der Waals surface area contributed by atoms with Crippen LogP contribution in [0, 0.1) is 5.92 Å². The van der Waals surface area contributed by atoms with Gasteiger partial charge < -0.3 is 9.64 Å². The van der Waals surface area contributed by atoms with Crippen molar-refractivity contribution in [1.82, 2.24) is 19.8 Å². The first-order valence-corrected chi connectivity index (χ1v) is 12.4. The Morgan fingerprint density at radius 2 is 1.50 bits per heavy atom. The van der Waals surface area contributed by atoms with Gasteiger partial charge in [-0.25, -0.2) is 19.6 Å². The molecule has 3 aliphatic heterocycles. The Balaban J connectivity index is 1.16. The van der Waals surface area contributed by atoms with E-state index in [0.29, 0.717) is 13.1 Å². The zero-order valence-electron chi connectivity index (χ0n) is 19.5. The zero-order chi connectivity index (χ0) is 22.3. The van der Waals surface area contributed by atoms with Crippen LogP contribution in [0.1, 0.15) is 44.6 Å². The van der Waals surface area contributed by atoms with Crippen molar-refractivity contribution in [3.05, 3.63) is 35.9 Å². The van der Waals surface area contributed by atoms with Gasteiger partial charge in [-0.3, -0.25) is 4.90 Å². The highest BCUT2D eigenvalue weighted by atomic mass is 16.6. The molecular weight excluding hydrogens is 404 g/mol. The van der Waals surface area contributed by atoms with Crippen LogP contribution in [-0.2, 0) is 16.0 Å². The maximum atomic E-state index is 12.5. The number of esters is 1. The predicted molar refractivity (Wildman–Crippen MR) is 124 cm³/mol. The third kappa shape index (κ3) is 6.09. The normalized spacial score (nSPS) is 23.1. The third-order valence-corrected chi connectivity index (χ3v) is 7.34. The fraction of sp³-hybridized carbons (Fsp3) is 0.680. The molecule has 1 atom stereocenters. The molecule has 1 amide bonds. The lowest BCUT2D eigenvalue weighted by molar-refractivity contribution is -0.145. The zero-order valence-corrected chi connectivity index (χ0v) is 19.5. The molecule has 0 N–H and O–H groups in total. The van der Waals surface area contributed by atoms with Crippen LogP contribution in [0.3, 0.4) is 0 Å². The van der Waals surface area contributed by atoms with Gasteiger partial charge in [-0.05, 0) is 63.6 Å². The van der Waals surface area contributed by atoms with Crippen LogP contribution < -0.4 is 0 Å². The summed E-state index contributed by atoms with van der Waals surface area (Å²) >= 11 is 0. The lowest BCUT2D eigenvalue weighted by atomic mass is 9.91. The number of benzene rings is 1. The van der Waals surface area contributed by atoms with Crippen LogP contribution in [0.25, 0.3) is 0 Å². The molecule has 3 saturated heterocycles. The molecule has 0 spiro atoms. The molecule has 3 fully saturated rings. The number of hydrazine groups is 1. The summed E-state index contributed by atoms with van der Waals surface area (Å²) in [6.45, 7) is 8.63. The third-order valence-electron chi connectivity index (χ3n) is 7.34. The Hall–Kier alpha value is -1.96. The first-order chi connectivity index (χ1) is 15.6. The number of rotatable bonds is 5. The molecule has 1 aromatic carbocycles. The summed E-state index contributed by atoms with van der Waals surface area (Å²) in [6.07, 6.45) is 6.53. The fourth-order valence-corrected chi connectivity index (χ4v) is 5.21. The van der Waals surface area contributed by atoms with Crippen molar-refractivity contribution in [3.8, 4) is 0 Å². The molecule has 4 rings (SSSR count). The summed E-state index contributed by atoms with van der Waals surface area (Å²) in [4.78, 5) is 28.8. The highest BCUT2D eigenvalue weighted by Crippen LogP contribution is 2.23. The molecule has 0 radical (unpaired) electrons. The second kappa shape index (κ2) is 11.3. The highest BCUT2D eigenvalue weighted by molar-refractivity contribution is 5.87. The van der Waals surface area contributed by atoms with Gasteiger partial charge in [-0.1, -0.05) is 36.8 Å². The molecule has 1 aromatic rings. The molecule has 0 saturated carbocycles. The number of hydrogen-bond acceptors (Lipinski definition) is 6. The van der Waals surface area contributed by atoms with E-state index in [1.165, 1.54) is 24.8 Å². The van der Waals surface area contributed by atoms with Gasteiger partial charge in [-0.2, -0.15) is 0 Å². The number of nitrogens with zero attached hydrogens (tertiary/aromatic N) is 4. The van der Waals surface area contributed by atoms with Gasteiger partial charge in [-0.15, -0.1) is 0 Å². The van der Waals surface area contributed by atoms with Gasteiger partial charge in [0.1, 0.15) is 6.04 Å². The maximum Gasteiger partial charge on any atom is 0.417 e.